The molecule has 1 amide bonds. The summed E-state index contributed by atoms with van der Waals surface area (Å²) >= 11 is 0. The fourth-order valence-corrected chi connectivity index (χ4v) is 2.76. The van der Waals surface area contributed by atoms with Gasteiger partial charge < -0.3 is 14.8 Å². The number of methoxy groups -OCH3 is 2. The molecule has 0 unspecified atom stereocenters. The number of carbonyl (C=O) groups excluding carboxylic acids is 1. The second-order valence-corrected chi connectivity index (χ2v) is 6.24. The molecule has 1 aromatic carbocycles. The Bertz CT molecular complexity index is 1050. The molecule has 0 saturated heterocycles. The standard InChI is InChI=1S/C20H21FN6O4/c1-29-15-9-14(18(28)27-31-3)8-13(16(15)21)5-4-12-10-24-20(25-11-12)26-17-19(30-2)23-7-6-22-17/h6-11H,4-5H2,1-3H3,(H,27,28)(H,22,24,25,26). The minimum Gasteiger partial charge on any atom is -0.494 e. The van der Waals surface area contributed by atoms with Crippen molar-refractivity contribution < 1.29 is 23.5 Å². The second-order valence-electron chi connectivity index (χ2n) is 6.24. The molecule has 3 aromatic rings. The van der Waals surface area contributed by atoms with Gasteiger partial charge in [-0.2, -0.15) is 0 Å². The fourth-order valence-electron chi connectivity index (χ4n) is 2.76. The first-order chi connectivity index (χ1) is 15.0. The van der Waals surface area contributed by atoms with Crippen LogP contribution in [0.2, 0.25) is 0 Å². The van der Waals surface area contributed by atoms with Crippen molar-refractivity contribution in [2.45, 2.75) is 12.8 Å². The van der Waals surface area contributed by atoms with Gasteiger partial charge in [0.2, 0.25) is 5.95 Å². The third-order valence-corrected chi connectivity index (χ3v) is 4.27. The third-order valence-electron chi connectivity index (χ3n) is 4.27. The van der Waals surface area contributed by atoms with Crippen LogP contribution in [0.25, 0.3) is 0 Å². The molecular formula is C20H21FN6O4. The molecule has 0 aliphatic heterocycles. The molecule has 11 heteroatoms. The molecule has 0 atom stereocenters. The van der Waals surface area contributed by atoms with Gasteiger partial charge in [-0.25, -0.2) is 29.8 Å². The first-order valence-corrected chi connectivity index (χ1v) is 9.18. The third kappa shape index (κ3) is 5.39. The number of hydrogen-bond acceptors (Lipinski definition) is 9. The van der Waals surface area contributed by atoms with E-state index in [9.17, 15) is 9.18 Å². The predicted molar refractivity (Wildman–Crippen MR) is 109 cm³/mol. The number of hydrogen-bond donors (Lipinski definition) is 2. The van der Waals surface area contributed by atoms with Crippen LogP contribution in [0.1, 0.15) is 21.5 Å². The maximum Gasteiger partial charge on any atom is 0.274 e. The van der Waals surface area contributed by atoms with Crippen LogP contribution in [0.15, 0.2) is 36.9 Å². The molecule has 0 fully saturated rings. The summed E-state index contributed by atoms with van der Waals surface area (Å²) in [5, 5.41) is 2.93. The van der Waals surface area contributed by atoms with Crippen molar-refractivity contribution in [3.05, 3.63) is 59.4 Å². The van der Waals surface area contributed by atoms with Crippen LogP contribution in [0.4, 0.5) is 16.2 Å². The maximum absolute atomic E-state index is 14.6. The lowest BCUT2D eigenvalue weighted by atomic mass is 10.0. The Morgan fingerprint density at radius 1 is 1.00 bits per heavy atom. The molecule has 0 radical (unpaired) electrons. The number of amides is 1. The lowest BCUT2D eigenvalue weighted by Gasteiger charge is -2.11. The van der Waals surface area contributed by atoms with Gasteiger partial charge in [0.25, 0.3) is 11.8 Å². The molecule has 0 aliphatic rings. The normalized spacial score (nSPS) is 10.5. The van der Waals surface area contributed by atoms with E-state index >= 15 is 0 Å². The van der Waals surface area contributed by atoms with Crippen LogP contribution in [0, 0.1) is 5.82 Å². The summed E-state index contributed by atoms with van der Waals surface area (Å²) in [5.74, 6) is -0.0261. The zero-order valence-corrected chi connectivity index (χ0v) is 17.2. The SMILES string of the molecule is CONC(=O)c1cc(CCc2cnc(Nc3nccnc3OC)nc2)c(F)c(OC)c1. The highest BCUT2D eigenvalue weighted by Crippen LogP contribution is 2.25. The van der Waals surface area contributed by atoms with Crippen LogP contribution < -0.4 is 20.3 Å². The Labute approximate surface area is 177 Å². The minimum atomic E-state index is -0.523. The first kappa shape index (κ1) is 21.8. The summed E-state index contributed by atoms with van der Waals surface area (Å²) in [6.45, 7) is 0. The van der Waals surface area contributed by atoms with Gasteiger partial charge in [0.1, 0.15) is 0 Å². The Kier molecular flexibility index (Phi) is 7.22. The zero-order valence-electron chi connectivity index (χ0n) is 17.2. The van der Waals surface area contributed by atoms with Crippen LogP contribution in [0.5, 0.6) is 11.6 Å². The van der Waals surface area contributed by atoms with Gasteiger partial charge in [-0.05, 0) is 36.1 Å². The molecule has 0 saturated carbocycles. The monoisotopic (exact) mass is 428 g/mol. The largest absolute Gasteiger partial charge is 0.494 e. The number of anilines is 2. The lowest BCUT2D eigenvalue weighted by Crippen LogP contribution is -2.22. The maximum atomic E-state index is 14.6. The number of aryl methyl sites for hydroxylation is 2. The van der Waals surface area contributed by atoms with Gasteiger partial charge in [-0.3, -0.25) is 9.63 Å². The van der Waals surface area contributed by atoms with Crippen LogP contribution in [-0.4, -0.2) is 47.2 Å². The van der Waals surface area contributed by atoms with Crippen molar-refractivity contribution in [2.24, 2.45) is 0 Å². The van der Waals surface area contributed by atoms with Gasteiger partial charge in [0.15, 0.2) is 17.4 Å². The van der Waals surface area contributed by atoms with E-state index in [0.717, 1.165) is 5.56 Å². The fraction of sp³-hybridized carbons (Fsp3) is 0.250. The quantitative estimate of drug-likeness (QED) is 0.494. The Hall–Kier alpha value is -3.86. The number of benzene rings is 1. The van der Waals surface area contributed by atoms with E-state index < -0.39 is 11.7 Å². The molecule has 0 aliphatic carbocycles. The van der Waals surface area contributed by atoms with Gasteiger partial charge in [-0.1, -0.05) is 0 Å². The highest BCUT2D eigenvalue weighted by atomic mass is 19.1. The van der Waals surface area contributed by atoms with Crippen LogP contribution >= 0.6 is 0 Å². The first-order valence-electron chi connectivity index (χ1n) is 9.18. The Morgan fingerprint density at radius 2 is 1.74 bits per heavy atom. The highest BCUT2D eigenvalue weighted by Gasteiger charge is 2.16. The van der Waals surface area contributed by atoms with E-state index in [0.29, 0.717) is 36.1 Å². The smallest absolute Gasteiger partial charge is 0.274 e. The van der Waals surface area contributed by atoms with E-state index in [1.165, 1.54) is 45.9 Å². The molecule has 162 valence electrons. The molecular weight excluding hydrogens is 407 g/mol. The average molecular weight is 428 g/mol. The van der Waals surface area contributed by atoms with Crippen molar-refractivity contribution in [1.29, 1.82) is 0 Å². The topological polar surface area (TPSA) is 120 Å². The van der Waals surface area contributed by atoms with E-state index in [1.54, 1.807) is 12.4 Å². The van der Waals surface area contributed by atoms with E-state index in [2.05, 4.69) is 35.6 Å². The van der Waals surface area contributed by atoms with E-state index in [-0.39, 0.29) is 11.3 Å². The molecule has 2 heterocycles. The summed E-state index contributed by atoms with van der Waals surface area (Å²) in [5.41, 5.74) is 3.54. The molecule has 2 N–H and O–H groups in total. The highest BCUT2D eigenvalue weighted by molar-refractivity contribution is 5.94. The number of rotatable bonds is 9. The van der Waals surface area contributed by atoms with Crippen molar-refractivity contribution in [3.63, 3.8) is 0 Å². The summed E-state index contributed by atoms with van der Waals surface area (Å²) in [7, 11) is 4.14. The van der Waals surface area contributed by atoms with Gasteiger partial charge in [-0.15, -0.1) is 0 Å². The number of nitrogens with zero attached hydrogens (tertiary/aromatic N) is 4. The van der Waals surface area contributed by atoms with Crippen molar-refractivity contribution in [1.82, 2.24) is 25.4 Å². The van der Waals surface area contributed by atoms with Gasteiger partial charge >= 0.3 is 0 Å². The van der Waals surface area contributed by atoms with E-state index in [1.807, 2.05) is 0 Å². The van der Waals surface area contributed by atoms with Crippen molar-refractivity contribution in [2.75, 3.05) is 26.6 Å². The summed E-state index contributed by atoms with van der Waals surface area (Å²) in [6, 6.07) is 2.78. The summed E-state index contributed by atoms with van der Waals surface area (Å²) in [6.07, 6.45) is 7.03. The van der Waals surface area contributed by atoms with Gasteiger partial charge in [0, 0.05) is 30.4 Å². The number of aromatic nitrogens is 4. The lowest BCUT2D eigenvalue weighted by molar-refractivity contribution is 0.0537. The number of nitrogens with one attached hydrogen (secondary N) is 2. The summed E-state index contributed by atoms with van der Waals surface area (Å²) in [4.78, 5) is 33.3. The molecule has 0 bridgehead atoms. The van der Waals surface area contributed by atoms with E-state index in [4.69, 9.17) is 9.47 Å². The number of hydroxylamine groups is 1. The molecule has 2 aromatic heterocycles. The number of ether oxygens (including phenoxy) is 2. The predicted octanol–water partition coefficient (Wildman–Crippen LogP) is 2.24. The molecule has 0 spiro atoms. The summed E-state index contributed by atoms with van der Waals surface area (Å²) < 4.78 is 24.8. The minimum absolute atomic E-state index is 0.0209. The van der Waals surface area contributed by atoms with Crippen LogP contribution in [0.3, 0.4) is 0 Å². The van der Waals surface area contributed by atoms with Gasteiger partial charge in [0.05, 0.1) is 21.3 Å². The zero-order chi connectivity index (χ0) is 22.2. The van der Waals surface area contributed by atoms with Crippen molar-refractivity contribution in [3.8, 4) is 11.6 Å². The molecule has 3 rings (SSSR count). The average Bonchev–Trinajstić information content (AvgIpc) is 2.80. The Balaban J connectivity index is 1.71. The molecule has 31 heavy (non-hydrogen) atoms. The number of halogens is 1. The van der Waals surface area contributed by atoms with Crippen molar-refractivity contribution >= 4 is 17.7 Å². The second kappa shape index (κ2) is 10.3. The molecule has 10 nitrogen and oxygen atoms in total. The number of carbonyl (C=O) groups is 1. The Morgan fingerprint density at radius 3 is 2.42 bits per heavy atom. The van der Waals surface area contributed by atoms with Crippen LogP contribution in [-0.2, 0) is 17.7 Å².